The zero-order chi connectivity index (χ0) is 9.68. The fourth-order valence-electron chi connectivity index (χ4n) is 1.87. The molecule has 2 heteroatoms. The second kappa shape index (κ2) is 5.25. The first-order valence-electron chi connectivity index (χ1n) is 5.55. The normalized spacial score (nSPS) is 22.3. The van der Waals surface area contributed by atoms with Crippen molar-refractivity contribution in [2.75, 3.05) is 6.54 Å². The minimum absolute atomic E-state index is 0.369. The Morgan fingerprint density at radius 1 is 1.31 bits per heavy atom. The summed E-state index contributed by atoms with van der Waals surface area (Å²) in [5.41, 5.74) is 0. The van der Waals surface area contributed by atoms with E-state index in [0.717, 1.165) is 25.8 Å². The van der Waals surface area contributed by atoms with E-state index in [0.29, 0.717) is 11.9 Å². The van der Waals surface area contributed by atoms with Crippen molar-refractivity contribution in [1.82, 2.24) is 4.90 Å². The predicted octanol–water partition coefficient (Wildman–Crippen LogP) is 2.58. The predicted molar refractivity (Wildman–Crippen MR) is 54.6 cm³/mol. The summed E-state index contributed by atoms with van der Waals surface area (Å²) < 4.78 is 0. The van der Waals surface area contributed by atoms with Gasteiger partial charge in [0.25, 0.3) is 0 Å². The summed E-state index contributed by atoms with van der Waals surface area (Å²) in [7, 11) is 0. The number of amides is 1. The van der Waals surface area contributed by atoms with Crippen molar-refractivity contribution in [3.8, 4) is 0 Å². The highest BCUT2D eigenvalue weighted by Gasteiger charge is 2.19. The second-order valence-corrected chi connectivity index (χ2v) is 4.01. The fourth-order valence-corrected chi connectivity index (χ4v) is 1.87. The standard InChI is InChI=1S/C11H21NO/c1-3-10(2)12-9-7-5-4-6-8-11(12)13/h10H,3-9H2,1-2H3. The SMILES string of the molecule is CCC(C)N1CCCCCCC1=O. The van der Waals surface area contributed by atoms with Gasteiger partial charge < -0.3 is 4.90 Å². The van der Waals surface area contributed by atoms with Crippen LogP contribution in [0.25, 0.3) is 0 Å². The molecule has 1 atom stereocenters. The largest absolute Gasteiger partial charge is 0.340 e. The van der Waals surface area contributed by atoms with E-state index in [2.05, 4.69) is 18.7 Å². The van der Waals surface area contributed by atoms with Crippen molar-refractivity contribution < 1.29 is 4.79 Å². The molecular formula is C11H21NO. The molecule has 0 aromatic rings. The lowest BCUT2D eigenvalue weighted by Crippen LogP contribution is -2.39. The van der Waals surface area contributed by atoms with E-state index in [-0.39, 0.29) is 0 Å². The van der Waals surface area contributed by atoms with Crippen LogP contribution in [0.15, 0.2) is 0 Å². The van der Waals surface area contributed by atoms with Crippen LogP contribution >= 0.6 is 0 Å². The third-order valence-electron chi connectivity index (χ3n) is 2.98. The molecule has 76 valence electrons. The quantitative estimate of drug-likeness (QED) is 0.644. The maximum atomic E-state index is 11.7. The van der Waals surface area contributed by atoms with E-state index in [4.69, 9.17) is 0 Å². The summed E-state index contributed by atoms with van der Waals surface area (Å²) in [6, 6.07) is 0.436. The van der Waals surface area contributed by atoms with Crippen molar-refractivity contribution in [2.45, 2.75) is 58.4 Å². The molecule has 0 aromatic carbocycles. The number of hydrogen-bond acceptors (Lipinski definition) is 1. The van der Waals surface area contributed by atoms with Crippen LogP contribution in [0.2, 0.25) is 0 Å². The average molecular weight is 183 g/mol. The highest BCUT2D eigenvalue weighted by molar-refractivity contribution is 5.76. The highest BCUT2D eigenvalue weighted by atomic mass is 16.2. The van der Waals surface area contributed by atoms with Gasteiger partial charge in [0, 0.05) is 19.0 Å². The lowest BCUT2D eigenvalue weighted by molar-refractivity contribution is -0.133. The van der Waals surface area contributed by atoms with Crippen LogP contribution in [0.4, 0.5) is 0 Å². The number of rotatable bonds is 2. The van der Waals surface area contributed by atoms with E-state index in [1.54, 1.807) is 0 Å². The maximum absolute atomic E-state index is 11.7. The van der Waals surface area contributed by atoms with Gasteiger partial charge in [-0.05, 0) is 26.2 Å². The Balaban J connectivity index is 2.51. The smallest absolute Gasteiger partial charge is 0.222 e. The first-order valence-corrected chi connectivity index (χ1v) is 5.55. The molecule has 1 aliphatic rings. The zero-order valence-electron chi connectivity index (χ0n) is 8.88. The average Bonchev–Trinajstić information content (AvgIpc) is 2.11. The van der Waals surface area contributed by atoms with Gasteiger partial charge in [0.15, 0.2) is 0 Å². The van der Waals surface area contributed by atoms with Crippen LogP contribution in [0.5, 0.6) is 0 Å². The second-order valence-electron chi connectivity index (χ2n) is 4.01. The molecule has 0 bridgehead atoms. The van der Waals surface area contributed by atoms with Gasteiger partial charge >= 0.3 is 0 Å². The Labute approximate surface area is 81.3 Å². The summed E-state index contributed by atoms with van der Waals surface area (Å²) in [5.74, 6) is 0.369. The summed E-state index contributed by atoms with van der Waals surface area (Å²) in [5, 5.41) is 0. The van der Waals surface area contributed by atoms with Crippen LogP contribution in [0, 0.1) is 0 Å². The first kappa shape index (κ1) is 10.6. The van der Waals surface area contributed by atoms with Gasteiger partial charge in [-0.15, -0.1) is 0 Å². The zero-order valence-corrected chi connectivity index (χ0v) is 8.88. The summed E-state index contributed by atoms with van der Waals surface area (Å²) in [6.45, 7) is 5.28. The van der Waals surface area contributed by atoms with E-state index >= 15 is 0 Å². The van der Waals surface area contributed by atoms with Gasteiger partial charge in [-0.25, -0.2) is 0 Å². The molecule has 1 saturated heterocycles. The molecule has 1 amide bonds. The van der Waals surface area contributed by atoms with Gasteiger partial charge in [0.1, 0.15) is 0 Å². The molecule has 1 heterocycles. The molecule has 13 heavy (non-hydrogen) atoms. The molecule has 1 unspecified atom stereocenters. The first-order chi connectivity index (χ1) is 6.25. The number of carbonyl (C=O) groups excluding carboxylic acids is 1. The van der Waals surface area contributed by atoms with Crippen molar-refractivity contribution in [3.63, 3.8) is 0 Å². The number of hydrogen-bond donors (Lipinski definition) is 0. The molecule has 1 rings (SSSR count). The van der Waals surface area contributed by atoms with Crippen LogP contribution in [0.3, 0.4) is 0 Å². The van der Waals surface area contributed by atoms with Crippen LogP contribution in [-0.2, 0) is 4.79 Å². The topological polar surface area (TPSA) is 20.3 Å². The van der Waals surface area contributed by atoms with Gasteiger partial charge in [-0.3, -0.25) is 4.79 Å². The van der Waals surface area contributed by atoms with Crippen LogP contribution in [0.1, 0.15) is 52.4 Å². The molecule has 2 nitrogen and oxygen atoms in total. The van der Waals surface area contributed by atoms with E-state index in [9.17, 15) is 4.79 Å². The Bertz CT molecular complexity index is 167. The molecule has 1 fully saturated rings. The lowest BCUT2D eigenvalue weighted by atomic mass is 10.1. The molecule has 0 aliphatic carbocycles. The molecule has 0 aromatic heterocycles. The van der Waals surface area contributed by atoms with E-state index in [1.165, 1.54) is 19.3 Å². The Morgan fingerprint density at radius 2 is 2.00 bits per heavy atom. The van der Waals surface area contributed by atoms with E-state index in [1.807, 2.05) is 0 Å². The number of carbonyl (C=O) groups is 1. The lowest BCUT2D eigenvalue weighted by Gasteiger charge is -2.30. The van der Waals surface area contributed by atoms with Crippen LogP contribution < -0.4 is 0 Å². The Morgan fingerprint density at radius 3 is 2.69 bits per heavy atom. The Hall–Kier alpha value is -0.530. The molecule has 0 saturated carbocycles. The van der Waals surface area contributed by atoms with E-state index < -0.39 is 0 Å². The van der Waals surface area contributed by atoms with Crippen molar-refractivity contribution >= 4 is 5.91 Å². The monoisotopic (exact) mass is 183 g/mol. The van der Waals surface area contributed by atoms with Crippen molar-refractivity contribution in [1.29, 1.82) is 0 Å². The number of likely N-dealkylation sites (tertiary alicyclic amines) is 1. The third-order valence-corrected chi connectivity index (χ3v) is 2.98. The Kier molecular flexibility index (Phi) is 4.26. The van der Waals surface area contributed by atoms with Crippen molar-refractivity contribution in [3.05, 3.63) is 0 Å². The minimum atomic E-state index is 0.369. The van der Waals surface area contributed by atoms with Gasteiger partial charge in [-0.2, -0.15) is 0 Å². The molecule has 1 aliphatic heterocycles. The molecular weight excluding hydrogens is 162 g/mol. The molecule has 0 radical (unpaired) electrons. The fraction of sp³-hybridized carbons (Fsp3) is 0.909. The molecule has 0 N–H and O–H groups in total. The third kappa shape index (κ3) is 3.02. The number of nitrogens with zero attached hydrogens (tertiary/aromatic N) is 1. The summed E-state index contributed by atoms with van der Waals surface area (Å²) in [4.78, 5) is 13.8. The van der Waals surface area contributed by atoms with Crippen LogP contribution in [-0.4, -0.2) is 23.4 Å². The summed E-state index contributed by atoms with van der Waals surface area (Å²) in [6.07, 6.45) is 6.65. The van der Waals surface area contributed by atoms with Gasteiger partial charge in [-0.1, -0.05) is 19.8 Å². The minimum Gasteiger partial charge on any atom is -0.340 e. The van der Waals surface area contributed by atoms with Gasteiger partial charge in [0.2, 0.25) is 5.91 Å². The summed E-state index contributed by atoms with van der Waals surface area (Å²) >= 11 is 0. The molecule has 0 spiro atoms. The maximum Gasteiger partial charge on any atom is 0.222 e. The van der Waals surface area contributed by atoms with Crippen molar-refractivity contribution in [2.24, 2.45) is 0 Å². The van der Waals surface area contributed by atoms with Gasteiger partial charge in [0.05, 0.1) is 0 Å². The highest BCUT2D eigenvalue weighted by Crippen LogP contribution is 2.15.